The van der Waals surface area contributed by atoms with Gasteiger partial charge in [0.2, 0.25) is 6.41 Å². The van der Waals surface area contributed by atoms with Crippen molar-refractivity contribution in [2.24, 2.45) is 0 Å². The molecule has 0 spiro atoms. The average molecular weight is 126 g/mol. The fourth-order valence-corrected chi connectivity index (χ4v) is 1.72. The zero-order valence-electron chi connectivity index (χ0n) is 5.21. The molecular formula is C6H10N2O. The Kier molecular flexibility index (Phi) is 0.990. The van der Waals surface area contributed by atoms with Crippen molar-refractivity contribution in [3.05, 3.63) is 0 Å². The molecule has 50 valence electrons. The molecule has 2 rings (SSSR count). The van der Waals surface area contributed by atoms with Crippen molar-refractivity contribution in [3.63, 3.8) is 0 Å². The molecule has 1 N–H and O–H groups in total. The SMILES string of the molecule is O=CN1CC2CC1CN2. The summed E-state index contributed by atoms with van der Waals surface area (Å²) in [4.78, 5) is 12.2. The summed E-state index contributed by atoms with van der Waals surface area (Å²) in [6.45, 7) is 1.93. The van der Waals surface area contributed by atoms with Crippen LogP contribution in [0.5, 0.6) is 0 Å². The molecule has 2 fully saturated rings. The second-order valence-corrected chi connectivity index (χ2v) is 2.80. The highest BCUT2D eigenvalue weighted by molar-refractivity contribution is 5.49. The summed E-state index contributed by atoms with van der Waals surface area (Å²) in [6, 6.07) is 1.10. The molecule has 0 aromatic carbocycles. The van der Waals surface area contributed by atoms with Gasteiger partial charge in [0.25, 0.3) is 0 Å². The van der Waals surface area contributed by atoms with Crippen molar-refractivity contribution in [2.45, 2.75) is 18.5 Å². The molecule has 2 aliphatic rings. The quantitative estimate of drug-likeness (QED) is 0.466. The molecular weight excluding hydrogens is 116 g/mol. The van der Waals surface area contributed by atoms with Crippen molar-refractivity contribution in [2.75, 3.05) is 13.1 Å². The molecule has 0 aromatic heterocycles. The first-order valence-corrected chi connectivity index (χ1v) is 3.34. The fourth-order valence-electron chi connectivity index (χ4n) is 1.72. The summed E-state index contributed by atoms with van der Waals surface area (Å²) in [6.07, 6.45) is 2.13. The molecule has 3 nitrogen and oxygen atoms in total. The van der Waals surface area contributed by atoms with Crippen molar-refractivity contribution in [3.8, 4) is 0 Å². The average Bonchev–Trinajstić information content (AvgIpc) is 2.45. The van der Waals surface area contributed by atoms with Crippen LogP contribution in [0.15, 0.2) is 0 Å². The smallest absolute Gasteiger partial charge is 0.210 e. The summed E-state index contributed by atoms with van der Waals surface area (Å²) in [5, 5.41) is 3.32. The van der Waals surface area contributed by atoms with E-state index in [4.69, 9.17) is 0 Å². The Hall–Kier alpha value is -0.570. The van der Waals surface area contributed by atoms with Crippen LogP contribution in [0.1, 0.15) is 6.42 Å². The van der Waals surface area contributed by atoms with Crippen molar-refractivity contribution in [1.82, 2.24) is 10.2 Å². The third kappa shape index (κ3) is 0.645. The van der Waals surface area contributed by atoms with Crippen LogP contribution < -0.4 is 5.32 Å². The maximum Gasteiger partial charge on any atom is 0.210 e. The van der Waals surface area contributed by atoms with Gasteiger partial charge in [-0.25, -0.2) is 0 Å². The Morgan fingerprint density at radius 2 is 2.56 bits per heavy atom. The van der Waals surface area contributed by atoms with E-state index in [9.17, 15) is 4.79 Å². The topological polar surface area (TPSA) is 32.3 Å². The van der Waals surface area contributed by atoms with Crippen molar-refractivity contribution < 1.29 is 4.79 Å². The highest BCUT2D eigenvalue weighted by Gasteiger charge is 2.36. The standard InChI is InChI=1S/C6H10N2O/c9-4-8-3-5-1-6(8)2-7-5/h4-7H,1-3H2. The summed E-state index contributed by atoms with van der Waals surface area (Å²) < 4.78 is 0. The molecule has 0 aliphatic carbocycles. The summed E-state index contributed by atoms with van der Waals surface area (Å²) in [7, 11) is 0. The van der Waals surface area contributed by atoms with Gasteiger partial charge in [-0.3, -0.25) is 4.79 Å². The maximum absolute atomic E-state index is 10.3. The first kappa shape index (κ1) is 5.23. The molecule has 2 bridgehead atoms. The second kappa shape index (κ2) is 1.70. The Morgan fingerprint density at radius 1 is 1.67 bits per heavy atom. The lowest BCUT2D eigenvalue weighted by Crippen LogP contribution is -2.42. The molecule has 0 radical (unpaired) electrons. The van der Waals surface area contributed by atoms with Gasteiger partial charge in [-0.1, -0.05) is 0 Å². The fraction of sp³-hybridized carbons (Fsp3) is 0.833. The van der Waals surface area contributed by atoms with Crippen LogP contribution in [-0.2, 0) is 4.79 Å². The minimum Gasteiger partial charge on any atom is -0.339 e. The third-order valence-electron chi connectivity index (χ3n) is 2.23. The molecule has 2 unspecified atom stereocenters. The zero-order chi connectivity index (χ0) is 6.27. The number of carbonyl (C=O) groups is 1. The van der Waals surface area contributed by atoms with E-state index in [1.807, 2.05) is 4.90 Å². The van der Waals surface area contributed by atoms with E-state index in [1.54, 1.807) is 0 Å². The largest absolute Gasteiger partial charge is 0.339 e. The number of hydrogen-bond donors (Lipinski definition) is 1. The monoisotopic (exact) mass is 126 g/mol. The molecule has 1 amide bonds. The highest BCUT2D eigenvalue weighted by Crippen LogP contribution is 2.20. The first-order chi connectivity index (χ1) is 4.40. The normalized spacial score (nSPS) is 39.8. The predicted octanol–water partition coefficient (Wildman–Crippen LogP) is -0.811. The number of likely N-dealkylation sites (tertiary alicyclic amines) is 1. The first-order valence-electron chi connectivity index (χ1n) is 3.34. The number of hydrogen-bond acceptors (Lipinski definition) is 2. The van der Waals surface area contributed by atoms with E-state index in [0.29, 0.717) is 12.1 Å². The van der Waals surface area contributed by atoms with Crippen LogP contribution in [0.25, 0.3) is 0 Å². The minimum absolute atomic E-state index is 0.507. The van der Waals surface area contributed by atoms with Gasteiger partial charge in [-0.05, 0) is 6.42 Å². The molecule has 2 aliphatic heterocycles. The van der Waals surface area contributed by atoms with E-state index in [2.05, 4.69) is 5.32 Å². The van der Waals surface area contributed by atoms with Crippen LogP contribution in [-0.4, -0.2) is 36.5 Å². The maximum atomic E-state index is 10.3. The Bertz CT molecular complexity index is 137. The summed E-state index contributed by atoms with van der Waals surface area (Å²) >= 11 is 0. The van der Waals surface area contributed by atoms with Crippen LogP contribution in [0.4, 0.5) is 0 Å². The van der Waals surface area contributed by atoms with Crippen molar-refractivity contribution >= 4 is 6.41 Å². The van der Waals surface area contributed by atoms with E-state index < -0.39 is 0 Å². The van der Waals surface area contributed by atoms with E-state index in [-0.39, 0.29) is 0 Å². The molecule has 2 heterocycles. The number of rotatable bonds is 1. The number of nitrogens with one attached hydrogen (secondary N) is 1. The van der Waals surface area contributed by atoms with Gasteiger partial charge in [0.15, 0.2) is 0 Å². The molecule has 2 atom stereocenters. The second-order valence-electron chi connectivity index (χ2n) is 2.80. The van der Waals surface area contributed by atoms with Gasteiger partial charge in [0.1, 0.15) is 0 Å². The molecule has 0 saturated carbocycles. The Morgan fingerprint density at radius 3 is 2.89 bits per heavy atom. The van der Waals surface area contributed by atoms with E-state index in [0.717, 1.165) is 19.5 Å². The lowest BCUT2D eigenvalue weighted by atomic mass is 10.2. The van der Waals surface area contributed by atoms with Crippen LogP contribution in [0.2, 0.25) is 0 Å². The third-order valence-corrected chi connectivity index (χ3v) is 2.23. The van der Waals surface area contributed by atoms with Gasteiger partial charge in [0, 0.05) is 25.2 Å². The minimum atomic E-state index is 0.507. The van der Waals surface area contributed by atoms with Gasteiger partial charge in [-0.15, -0.1) is 0 Å². The zero-order valence-corrected chi connectivity index (χ0v) is 5.21. The van der Waals surface area contributed by atoms with Crippen LogP contribution in [0, 0.1) is 0 Å². The number of fused-ring (bicyclic) bond motifs is 2. The van der Waals surface area contributed by atoms with Gasteiger partial charge >= 0.3 is 0 Å². The summed E-state index contributed by atoms with van der Waals surface area (Å²) in [5.74, 6) is 0. The number of amides is 1. The molecule has 0 aromatic rings. The van der Waals surface area contributed by atoms with Gasteiger partial charge in [0.05, 0.1) is 0 Å². The molecule has 3 heteroatoms. The lowest BCUT2D eigenvalue weighted by molar-refractivity contribution is -0.119. The van der Waals surface area contributed by atoms with Gasteiger partial charge in [-0.2, -0.15) is 0 Å². The lowest BCUT2D eigenvalue weighted by Gasteiger charge is -2.22. The van der Waals surface area contributed by atoms with E-state index in [1.165, 1.54) is 6.42 Å². The van der Waals surface area contributed by atoms with Gasteiger partial charge < -0.3 is 10.2 Å². The van der Waals surface area contributed by atoms with Crippen molar-refractivity contribution in [1.29, 1.82) is 0 Å². The number of carbonyl (C=O) groups excluding carboxylic acids is 1. The highest BCUT2D eigenvalue weighted by atomic mass is 16.1. The van der Waals surface area contributed by atoms with Crippen LogP contribution >= 0.6 is 0 Å². The predicted molar refractivity (Wildman–Crippen MR) is 33.0 cm³/mol. The van der Waals surface area contributed by atoms with E-state index >= 15 is 0 Å². The number of nitrogens with zero attached hydrogens (tertiary/aromatic N) is 1. The molecule has 2 saturated heterocycles. The Balaban J connectivity index is 2.09. The van der Waals surface area contributed by atoms with Crippen LogP contribution in [0.3, 0.4) is 0 Å². The number of piperazine rings is 1. The summed E-state index contributed by atoms with van der Waals surface area (Å²) in [5.41, 5.74) is 0. The molecule has 9 heavy (non-hydrogen) atoms. The Labute approximate surface area is 54.0 Å².